The summed E-state index contributed by atoms with van der Waals surface area (Å²) in [6.07, 6.45) is 5.66. The van der Waals surface area contributed by atoms with Gasteiger partial charge in [0.15, 0.2) is 0 Å². The second-order valence-corrected chi connectivity index (χ2v) is 7.02. The van der Waals surface area contributed by atoms with E-state index < -0.39 is 10.0 Å². The fourth-order valence-electron chi connectivity index (χ4n) is 2.56. The van der Waals surface area contributed by atoms with Gasteiger partial charge in [-0.3, -0.25) is 4.72 Å². The van der Waals surface area contributed by atoms with Gasteiger partial charge in [0.2, 0.25) is 10.0 Å². The van der Waals surface area contributed by atoms with Gasteiger partial charge >= 0.3 is 0 Å². The number of ether oxygens (including phenoxy) is 1. The van der Waals surface area contributed by atoms with Crippen LogP contribution in [0.2, 0.25) is 0 Å². The van der Waals surface area contributed by atoms with Crippen molar-refractivity contribution in [3.05, 3.63) is 24.3 Å². The Hall–Kier alpha value is -1.27. The molecule has 112 valence electrons. The van der Waals surface area contributed by atoms with E-state index in [0.29, 0.717) is 17.8 Å². The van der Waals surface area contributed by atoms with Crippen LogP contribution >= 0.6 is 0 Å². The van der Waals surface area contributed by atoms with Crippen LogP contribution in [0, 0.1) is 0 Å². The lowest BCUT2D eigenvalue weighted by atomic mass is 9.93. The summed E-state index contributed by atoms with van der Waals surface area (Å²) in [5.74, 6) is 0. The molecule has 0 aliphatic heterocycles. The molecule has 6 heteroatoms. The molecule has 2 rings (SSSR count). The van der Waals surface area contributed by atoms with Gasteiger partial charge < -0.3 is 10.1 Å². The molecule has 1 aliphatic rings. The molecular formula is C14H22N2O3S. The topological polar surface area (TPSA) is 67.4 Å². The molecule has 0 unspecified atom stereocenters. The second kappa shape index (κ2) is 6.45. The van der Waals surface area contributed by atoms with E-state index in [4.69, 9.17) is 4.74 Å². The predicted molar refractivity (Wildman–Crippen MR) is 81.6 cm³/mol. The maximum atomic E-state index is 11.4. The summed E-state index contributed by atoms with van der Waals surface area (Å²) < 4.78 is 30.6. The molecule has 0 aromatic heterocycles. The lowest BCUT2D eigenvalue weighted by molar-refractivity contribution is 0.0682. The number of hydrogen-bond donors (Lipinski definition) is 2. The van der Waals surface area contributed by atoms with Gasteiger partial charge in [0.25, 0.3) is 0 Å². The normalized spacial score (nSPS) is 23.3. The molecule has 0 bridgehead atoms. The van der Waals surface area contributed by atoms with Crippen molar-refractivity contribution in [2.24, 2.45) is 0 Å². The van der Waals surface area contributed by atoms with E-state index in [1.54, 1.807) is 13.2 Å². The maximum Gasteiger partial charge on any atom is 0.229 e. The van der Waals surface area contributed by atoms with Crippen molar-refractivity contribution in [3.63, 3.8) is 0 Å². The number of sulfonamides is 1. The first-order valence-corrected chi connectivity index (χ1v) is 8.73. The standard InChI is InChI=1S/C14H22N2O3S/c1-19-12-9-7-11(8-10-12)15-13-5-3-4-6-14(13)16-20(2,17)18/h3-6,11-12,15-16H,7-10H2,1-2H3. The molecule has 20 heavy (non-hydrogen) atoms. The highest BCUT2D eigenvalue weighted by atomic mass is 32.2. The number of anilines is 2. The third kappa shape index (κ3) is 4.38. The monoisotopic (exact) mass is 298 g/mol. The van der Waals surface area contributed by atoms with Gasteiger partial charge in [-0.25, -0.2) is 8.42 Å². The molecule has 0 spiro atoms. The maximum absolute atomic E-state index is 11.4. The molecule has 5 nitrogen and oxygen atoms in total. The van der Waals surface area contributed by atoms with Crippen molar-refractivity contribution >= 4 is 21.4 Å². The van der Waals surface area contributed by atoms with Crippen LogP contribution < -0.4 is 10.0 Å². The fourth-order valence-corrected chi connectivity index (χ4v) is 3.14. The minimum absolute atomic E-state index is 0.359. The molecule has 0 atom stereocenters. The molecule has 0 heterocycles. The summed E-state index contributed by atoms with van der Waals surface area (Å²) in [4.78, 5) is 0. The average molecular weight is 298 g/mol. The van der Waals surface area contributed by atoms with E-state index in [-0.39, 0.29) is 0 Å². The number of rotatable bonds is 5. The molecule has 0 saturated heterocycles. The summed E-state index contributed by atoms with van der Waals surface area (Å²) in [6.45, 7) is 0. The number of hydrogen-bond acceptors (Lipinski definition) is 4. The van der Waals surface area contributed by atoms with Crippen LogP contribution in [0.15, 0.2) is 24.3 Å². The minimum atomic E-state index is -3.26. The van der Waals surface area contributed by atoms with Crippen LogP contribution in [0.3, 0.4) is 0 Å². The molecule has 1 aliphatic carbocycles. The molecule has 1 aromatic carbocycles. The molecular weight excluding hydrogens is 276 g/mol. The molecule has 1 aromatic rings. The van der Waals surface area contributed by atoms with Gasteiger partial charge in [-0.15, -0.1) is 0 Å². The zero-order valence-corrected chi connectivity index (χ0v) is 12.7. The Balaban J connectivity index is 2.03. The quantitative estimate of drug-likeness (QED) is 0.876. The Labute approximate surface area is 120 Å². The highest BCUT2D eigenvalue weighted by Gasteiger charge is 2.21. The van der Waals surface area contributed by atoms with Crippen molar-refractivity contribution in [2.75, 3.05) is 23.4 Å². The van der Waals surface area contributed by atoms with E-state index >= 15 is 0 Å². The summed E-state index contributed by atoms with van der Waals surface area (Å²) in [5.41, 5.74) is 1.43. The Morgan fingerprint density at radius 1 is 1.10 bits per heavy atom. The van der Waals surface area contributed by atoms with Crippen molar-refractivity contribution < 1.29 is 13.2 Å². The fraction of sp³-hybridized carbons (Fsp3) is 0.571. The smallest absolute Gasteiger partial charge is 0.229 e. The zero-order chi connectivity index (χ0) is 14.6. The van der Waals surface area contributed by atoms with E-state index in [0.717, 1.165) is 37.6 Å². The summed E-state index contributed by atoms with van der Waals surface area (Å²) in [7, 11) is -1.51. The van der Waals surface area contributed by atoms with Crippen LogP contribution in [0.1, 0.15) is 25.7 Å². The Morgan fingerprint density at radius 3 is 2.25 bits per heavy atom. The number of methoxy groups -OCH3 is 1. The predicted octanol–water partition coefficient (Wildman–Crippen LogP) is 2.43. The third-order valence-electron chi connectivity index (χ3n) is 3.59. The highest BCUT2D eigenvalue weighted by Crippen LogP contribution is 2.28. The molecule has 0 radical (unpaired) electrons. The number of nitrogens with one attached hydrogen (secondary N) is 2. The lowest BCUT2D eigenvalue weighted by Gasteiger charge is -2.29. The van der Waals surface area contributed by atoms with Crippen molar-refractivity contribution in [3.8, 4) is 0 Å². The van der Waals surface area contributed by atoms with Gasteiger partial charge in [0, 0.05) is 13.2 Å². The third-order valence-corrected chi connectivity index (χ3v) is 4.18. The van der Waals surface area contributed by atoms with E-state index in [9.17, 15) is 8.42 Å². The Morgan fingerprint density at radius 2 is 1.70 bits per heavy atom. The Bertz CT molecular complexity index is 537. The minimum Gasteiger partial charge on any atom is -0.381 e. The second-order valence-electron chi connectivity index (χ2n) is 5.27. The van der Waals surface area contributed by atoms with Crippen LogP contribution in [0.5, 0.6) is 0 Å². The summed E-state index contributed by atoms with van der Waals surface area (Å²) >= 11 is 0. The van der Waals surface area contributed by atoms with Gasteiger partial charge in [-0.05, 0) is 37.8 Å². The van der Waals surface area contributed by atoms with Crippen LogP contribution in [0.25, 0.3) is 0 Å². The Kier molecular flexibility index (Phi) is 4.88. The van der Waals surface area contributed by atoms with E-state index in [1.165, 1.54) is 0 Å². The van der Waals surface area contributed by atoms with E-state index in [2.05, 4.69) is 10.0 Å². The first kappa shape index (κ1) is 15.1. The average Bonchev–Trinajstić information content (AvgIpc) is 2.40. The largest absolute Gasteiger partial charge is 0.381 e. The highest BCUT2D eigenvalue weighted by molar-refractivity contribution is 7.92. The van der Waals surface area contributed by atoms with Crippen molar-refractivity contribution in [2.45, 2.75) is 37.8 Å². The van der Waals surface area contributed by atoms with Gasteiger partial charge in [0.1, 0.15) is 0 Å². The van der Waals surface area contributed by atoms with Gasteiger partial charge in [0.05, 0.1) is 23.7 Å². The van der Waals surface area contributed by atoms with Crippen LogP contribution in [-0.2, 0) is 14.8 Å². The number of para-hydroxylation sites is 2. The molecule has 1 saturated carbocycles. The summed E-state index contributed by atoms with van der Waals surface area (Å²) in [6, 6.07) is 7.75. The molecule has 0 amide bonds. The van der Waals surface area contributed by atoms with Crippen molar-refractivity contribution in [1.29, 1.82) is 0 Å². The summed E-state index contributed by atoms with van der Waals surface area (Å²) in [5, 5.41) is 3.43. The first-order valence-electron chi connectivity index (χ1n) is 6.84. The van der Waals surface area contributed by atoms with Crippen LogP contribution in [-0.4, -0.2) is 33.9 Å². The van der Waals surface area contributed by atoms with Crippen LogP contribution in [0.4, 0.5) is 11.4 Å². The lowest BCUT2D eigenvalue weighted by Crippen LogP contribution is -2.29. The SMILES string of the molecule is COC1CCC(Nc2ccccc2NS(C)(=O)=O)CC1. The molecule has 1 fully saturated rings. The zero-order valence-electron chi connectivity index (χ0n) is 11.9. The van der Waals surface area contributed by atoms with Crippen molar-refractivity contribution in [1.82, 2.24) is 0 Å². The van der Waals surface area contributed by atoms with E-state index in [1.807, 2.05) is 18.2 Å². The van der Waals surface area contributed by atoms with Gasteiger partial charge in [-0.1, -0.05) is 12.1 Å². The molecule has 2 N–H and O–H groups in total. The number of benzene rings is 1. The van der Waals surface area contributed by atoms with Gasteiger partial charge in [-0.2, -0.15) is 0 Å². The first-order chi connectivity index (χ1) is 9.48.